The van der Waals surface area contributed by atoms with Gasteiger partial charge in [0.1, 0.15) is 23.3 Å². The molecule has 100 valence electrons. The number of nitrogens with zero attached hydrogens (tertiary/aromatic N) is 2. The first-order valence-electron chi connectivity index (χ1n) is 6.21. The molecule has 0 atom stereocenters. The molecule has 0 fully saturated rings. The van der Waals surface area contributed by atoms with E-state index >= 15 is 0 Å². The van der Waals surface area contributed by atoms with Crippen molar-refractivity contribution in [1.82, 2.24) is 9.97 Å². The Morgan fingerprint density at radius 3 is 2.58 bits per heavy atom. The zero-order valence-corrected chi connectivity index (χ0v) is 10.9. The summed E-state index contributed by atoms with van der Waals surface area (Å²) in [6, 6.07) is 4.96. The van der Waals surface area contributed by atoms with Gasteiger partial charge in [-0.1, -0.05) is 6.92 Å². The lowest BCUT2D eigenvalue weighted by Gasteiger charge is -2.09. The molecule has 5 heteroatoms. The molecule has 0 radical (unpaired) electrons. The smallest absolute Gasteiger partial charge is 0.132 e. The van der Waals surface area contributed by atoms with Gasteiger partial charge in [0.2, 0.25) is 0 Å². The zero-order valence-electron chi connectivity index (χ0n) is 10.9. The maximum Gasteiger partial charge on any atom is 0.132 e. The molecule has 1 heterocycles. The third-order valence-corrected chi connectivity index (χ3v) is 2.65. The maximum absolute atomic E-state index is 13.8. The van der Waals surface area contributed by atoms with Crippen molar-refractivity contribution in [2.75, 3.05) is 11.9 Å². The van der Waals surface area contributed by atoms with Gasteiger partial charge < -0.3 is 5.32 Å². The van der Waals surface area contributed by atoms with Crippen LogP contribution in [0.25, 0.3) is 11.3 Å². The van der Waals surface area contributed by atoms with Crippen LogP contribution in [0.1, 0.15) is 19.7 Å². The lowest BCUT2D eigenvalue weighted by Crippen LogP contribution is -2.04. The van der Waals surface area contributed by atoms with Crippen molar-refractivity contribution in [2.45, 2.75) is 20.3 Å². The van der Waals surface area contributed by atoms with Gasteiger partial charge in [0.05, 0.1) is 5.69 Å². The third-order valence-electron chi connectivity index (χ3n) is 2.65. The lowest BCUT2D eigenvalue weighted by atomic mass is 10.1. The minimum absolute atomic E-state index is 0.149. The first-order chi connectivity index (χ1) is 9.13. The topological polar surface area (TPSA) is 37.8 Å². The SMILES string of the molecule is CCNc1cc(-c2cc(F)ccc2F)nc(CC)n1. The molecule has 19 heavy (non-hydrogen) atoms. The van der Waals surface area contributed by atoms with Gasteiger partial charge in [-0.3, -0.25) is 0 Å². The number of hydrogen-bond acceptors (Lipinski definition) is 3. The van der Waals surface area contributed by atoms with Crippen molar-refractivity contribution >= 4 is 5.82 Å². The predicted octanol–water partition coefficient (Wildman–Crippen LogP) is 3.42. The predicted molar refractivity (Wildman–Crippen MR) is 70.9 cm³/mol. The summed E-state index contributed by atoms with van der Waals surface area (Å²) in [5, 5.41) is 3.06. The molecule has 0 saturated heterocycles. The van der Waals surface area contributed by atoms with Crippen molar-refractivity contribution < 1.29 is 8.78 Å². The van der Waals surface area contributed by atoms with Crippen molar-refractivity contribution in [2.24, 2.45) is 0 Å². The van der Waals surface area contributed by atoms with Crippen LogP contribution in [0.4, 0.5) is 14.6 Å². The Hall–Kier alpha value is -2.04. The van der Waals surface area contributed by atoms with Crippen LogP contribution in [-0.4, -0.2) is 16.5 Å². The zero-order chi connectivity index (χ0) is 13.8. The summed E-state index contributed by atoms with van der Waals surface area (Å²) in [7, 11) is 0. The molecule has 1 N–H and O–H groups in total. The molecule has 0 aliphatic heterocycles. The average molecular weight is 263 g/mol. The summed E-state index contributed by atoms with van der Waals surface area (Å²) in [6.45, 7) is 4.55. The highest BCUT2D eigenvalue weighted by Crippen LogP contribution is 2.24. The highest BCUT2D eigenvalue weighted by atomic mass is 19.1. The van der Waals surface area contributed by atoms with Crippen LogP contribution in [0.15, 0.2) is 24.3 Å². The van der Waals surface area contributed by atoms with E-state index in [-0.39, 0.29) is 5.56 Å². The maximum atomic E-state index is 13.8. The molecule has 2 rings (SSSR count). The first-order valence-corrected chi connectivity index (χ1v) is 6.21. The van der Waals surface area contributed by atoms with Crippen LogP contribution in [-0.2, 0) is 6.42 Å². The summed E-state index contributed by atoms with van der Waals surface area (Å²) >= 11 is 0. The Labute approximate surface area is 110 Å². The molecule has 3 nitrogen and oxygen atoms in total. The van der Waals surface area contributed by atoms with E-state index in [0.717, 1.165) is 18.2 Å². The van der Waals surface area contributed by atoms with Gasteiger partial charge in [0.25, 0.3) is 0 Å². The number of anilines is 1. The van der Waals surface area contributed by atoms with Crippen molar-refractivity contribution in [1.29, 1.82) is 0 Å². The summed E-state index contributed by atoms with van der Waals surface area (Å²) in [5.41, 5.74) is 0.538. The van der Waals surface area contributed by atoms with Gasteiger partial charge in [-0.25, -0.2) is 18.7 Å². The minimum Gasteiger partial charge on any atom is -0.370 e. The Kier molecular flexibility index (Phi) is 4.04. The molecule has 0 unspecified atom stereocenters. The highest BCUT2D eigenvalue weighted by molar-refractivity contribution is 5.63. The molecule has 0 bridgehead atoms. The molecule has 0 aliphatic carbocycles. The van der Waals surface area contributed by atoms with E-state index in [4.69, 9.17) is 0 Å². The number of nitrogens with one attached hydrogen (secondary N) is 1. The summed E-state index contributed by atoms with van der Waals surface area (Å²) in [5.74, 6) is 0.229. The van der Waals surface area contributed by atoms with Crippen LogP contribution in [0, 0.1) is 11.6 Å². The van der Waals surface area contributed by atoms with E-state index in [2.05, 4.69) is 15.3 Å². The molecule has 0 saturated carbocycles. The Morgan fingerprint density at radius 2 is 1.89 bits per heavy atom. The second-order valence-corrected chi connectivity index (χ2v) is 4.06. The van der Waals surface area contributed by atoms with E-state index in [0.29, 0.717) is 30.3 Å². The van der Waals surface area contributed by atoms with E-state index in [9.17, 15) is 8.78 Å². The van der Waals surface area contributed by atoms with Crippen LogP contribution < -0.4 is 5.32 Å². The first kappa shape index (κ1) is 13.4. The standard InChI is InChI=1S/C14H15F2N3/c1-3-13-18-12(8-14(19-13)17-4-2)10-7-9(15)5-6-11(10)16/h5-8H,3-4H2,1-2H3,(H,17,18,19). The van der Waals surface area contributed by atoms with Crippen LogP contribution in [0.2, 0.25) is 0 Å². The Morgan fingerprint density at radius 1 is 1.11 bits per heavy atom. The molecule has 1 aromatic heterocycles. The largest absolute Gasteiger partial charge is 0.370 e. The molecule has 0 amide bonds. The number of hydrogen-bond donors (Lipinski definition) is 1. The number of halogens is 2. The fourth-order valence-corrected chi connectivity index (χ4v) is 1.76. The van der Waals surface area contributed by atoms with Gasteiger partial charge in [0.15, 0.2) is 0 Å². The van der Waals surface area contributed by atoms with Gasteiger partial charge in [0, 0.05) is 24.6 Å². The van der Waals surface area contributed by atoms with E-state index in [1.807, 2.05) is 13.8 Å². The van der Waals surface area contributed by atoms with Gasteiger partial charge in [-0.05, 0) is 25.1 Å². The lowest BCUT2D eigenvalue weighted by molar-refractivity contribution is 0.602. The molecular weight excluding hydrogens is 248 g/mol. The summed E-state index contributed by atoms with van der Waals surface area (Å²) in [4.78, 5) is 8.53. The van der Waals surface area contributed by atoms with Crippen LogP contribution in [0.5, 0.6) is 0 Å². The molecule has 0 aliphatic rings. The normalized spacial score (nSPS) is 10.5. The number of rotatable bonds is 4. The fourth-order valence-electron chi connectivity index (χ4n) is 1.76. The summed E-state index contributed by atoms with van der Waals surface area (Å²) < 4.78 is 27.0. The van der Waals surface area contributed by atoms with Crippen molar-refractivity contribution in [3.05, 3.63) is 41.7 Å². The van der Waals surface area contributed by atoms with Crippen LogP contribution >= 0.6 is 0 Å². The third kappa shape index (κ3) is 3.05. The van der Waals surface area contributed by atoms with Gasteiger partial charge in [-0.2, -0.15) is 0 Å². The second kappa shape index (κ2) is 5.73. The average Bonchev–Trinajstić information content (AvgIpc) is 2.41. The van der Waals surface area contributed by atoms with Gasteiger partial charge >= 0.3 is 0 Å². The molecule has 0 spiro atoms. The Bertz CT molecular complexity index is 585. The molecule has 2 aromatic rings. The monoisotopic (exact) mass is 263 g/mol. The molecular formula is C14H15F2N3. The van der Waals surface area contributed by atoms with Gasteiger partial charge in [-0.15, -0.1) is 0 Å². The van der Waals surface area contributed by atoms with Crippen molar-refractivity contribution in [3.8, 4) is 11.3 Å². The highest BCUT2D eigenvalue weighted by Gasteiger charge is 2.11. The van der Waals surface area contributed by atoms with E-state index in [1.165, 1.54) is 0 Å². The summed E-state index contributed by atoms with van der Waals surface area (Å²) in [6.07, 6.45) is 0.628. The fraction of sp³-hybridized carbons (Fsp3) is 0.286. The van der Waals surface area contributed by atoms with E-state index in [1.54, 1.807) is 6.07 Å². The number of aryl methyl sites for hydroxylation is 1. The van der Waals surface area contributed by atoms with Crippen molar-refractivity contribution in [3.63, 3.8) is 0 Å². The molecule has 1 aromatic carbocycles. The van der Waals surface area contributed by atoms with Crippen LogP contribution in [0.3, 0.4) is 0 Å². The number of benzene rings is 1. The van der Waals surface area contributed by atoms with E-state index < -0.39 is 11.6 Å². The minimum atomic E-state index is -0.496. The number of aromatic nitrogens is 2. The second-order valence-electron chi connectivity index (χ2n) is 4.06. The quantitative estimate of drug-likeness (QED) is 0.918. The Balaban J connectivity index is 2.54.